The Morgan fingerprint density at radius 1 is 1.15 bits per heavy atom. The van der Waals surface area contributed by atoms with Crippen molar-refractivity contribution in [2.75, 3.05) is 26.7 Å². The van der Waals surface area contributed by atoms with Gasteiger partial charge in [-0.05, 0) is 68.4 Å². The molecule has 142 valence electrons. The number of hydrogen-bond acceptors (Lipinski definition) is 3. The molecule has 3 aliphatic rings. The second kappa shape index (κ2) is 8.38. The van der Waals surface area contributed by atoms with E-state index in [2.05, 4.69) is 37.6 Å². The number of pyridine rings is 1. The maximum atomic E-state index is 4.47. The van der Waals surface area contributed by atoms with Gasteiger partial charge in [0.25, 0.3) is 0 Å². The highest BCUT2D eigenvalue weighted by molar-refractivity contribution is 5.80. The molecule has 0 amide bonds. The van der Waals surface area contributed by atoms with Crippen LogP contribution in [0.2, 0.25) is 0 Å². The van der Waals surface area contributed by atoms with E-state index in [4.69, 9.17) is 0 Å². The zero-order valence-corrected chi connectivity index (χ0v) is 16.0. The van der Waals surface area contributed by atoms with E-state index in [1.165, 1.54) is 44.2 Å². The number of aliphatic imine (C=N–C) groups is 1. The Balaban J connectivity index is 1.19. The summed E-state index contributed by atoms with van der Waals surface area (Å²) in [6.45, 7) is 4.31. The normalized spacial score (nSPS) is 22.6. The lowest BCUT2D eigenvalue weighted by Crippen LogP contribution is -2.49. The van der Waals surface area contributed by atoms with E-state index in [1.54, 1.807) is 0 Å². The first-order valence-corrected chi connectivity index (χ1v) is 10.4. The van der Waals surface area contributed by atoms with Crippen molar-refractivity contribution in [3.8, 4) is 0 Å². The molecule has 5 nitrogen and oxygen atoms in total. The summed E-state index contributed by atoms with van der Waals surface area (Å²) in [5, 5.41) is 7.29. The van der Waals surface area contributed by atoms with Crippen LogP contribution in [0.1, 0.15) is 44.2 Å². The van der Waals surface area contributed by atoms with E-state index in [1.807, 2.05) is 19.3 Å². The standard InChI is InChI=1S/C21H33N5/c1-22-21(24-14-20(16-5-6-16)17-7-8-17)25-18-9-12-26(13-10-18)15-19-4-2-3-11-23-19/h2-4,11,16-18,20H,5-10,12-15H2,1H3,(H2,22,24,25). The van der Waals surface area contributed by atoms with Gasteiger partial charge >= 0.3 is 0 Å². The van der Waals surface area contributed by atoms with Gasteiger partial charge in [0.2, 0.25) is 0 Å². The highest BCUT2D eigenvalue weighted by Crippen LogP contribution is 2.48. The molecule has 1 aromatic heterocycles. The van der Waals surface area contributed by atoms with Crippen molar-refractivity contribution in [2.24, 2.45) is 22.7 Å². The predicted molar refractivity (Wildman–Crippen MR) is 106 cm³/mol. The summed E-state index contributed by atoms with van der Waals surface area (Å²) < 4.78 is 0. The smallest absolute Gasteiger partial charge is 0.191 e. The fourth-order valence-corrected chi connectivity index (χ4v) is 4.33. The lowest BCUT2D eigenvalue weighted by Gasteiger charge is -2.33. The Kier molecular flexibility index (Phi) is 5.73. The van der Waals surface area contributed by atoms with Crippen molar-refractivity contribution in [2.45, 2.75) is 51.1 Å². The van der Waals surface area contributed by atoms with E-state index in [0.29, 0.717) is 6.04 Å². The zero-order chi connectivity index (χ0) is 17.8. The number of nitrogens with zero attached hydrogens (tertiary/aromatic N) is 3. The van der Waals surface area contributed by atoms with Crippen LogP contribution in [-0.2, 0) is 6.54 Å². The third-order valence-electron chi connectivity index (χ3n) is 6.22. The average molecular weight is 356 g/mol. The van der Waals surface area contributed by atoms with Crippen LogP contribution >= 0.6 is 0 Å². The van der Waals surface area contributed by atoms with E-state index in [0.717, 1.165) is 49.9 Å². The van der Waals surface area contributed by atoms with Crippen LogP contribution in [0, 0.1) is 17.8 Å². The summed E-state index contributed by atoms with van der Waals surface area (Å²) in [7, 11) is 1.90. The van der Waals surface area contributed by atoms with Crippen molar-refractivity contribution in [3.05, 3.63) is 30.1 Å². The molecule has 0 spiro atoms. The lowest BCUT2D eigenvalue weighted by atomic mass is 9.98. The second-order valence-electron chi connectivity index (χ2n) is 8.31. The third kappa shape index (κ3) is 4.97. The Morgan fingerprint density at radius 3 is 2.46 bits per heavy atom. The van der Waals surface area contributed by atoms with Gasteiger partial charge in [-0.15, -0.1) is 0 Å². The van der Waals surface area contributed by atoms with E-state index in [9.17, 15) is 0 Å². The summed E-state index contributed by atoms with van der Waals surface area (Å²) >= 11 is 0. The van der Waals surface area contributed by atoms with Crippen LogP contribution in [0.5, 0.6) is 0 Å². The summed E-state index contributed by atoms with van der Waals surface area (Å²) in [5.41, 5.74) is 1.17. The van der Waals surface area contributed by atoms with Crippen LogP contribution in [0.4, 0.5) is 0 Å². The van der Waals surface area contributed by atoms with Gasteiger partial charge in [-0.3, -0.25) is 14.9 Å². The maximum absolute atomic E-state index is 4.47. The highest BCUT2D eigenvalue weighted by atomic mass is 15.2. The molecule has 5 heteroatoms. The molecule has 26 heavy (non-hydrogen) atoms. The van der Waals surface area contributed by atoms with Crippen LogP contribution < -0.4 is 10.6 Å². The first-order valence-electron chi connectivity index (χ1n) is 10.4. The summed E-state index contributed by atoms with van der Waals surface area (Å²) in [5.74, 6) is 3.86. The SMILES string of the molecule is CN=C(NCC(C1CC1)C1CC1)NC1CCN(Cc2ccccn2)CC1. The first-order chi connectivity index (χ1) is 12.8. The minimum absolute atomic E-state index is 0.529. The maximum Gasteiger partial charge on any atom is 0.191 e. The number of nitrogens with one attached hydrogen (secondary N) is 2. The van der Waals surface area contributed by atoms with Gasteiger partial charge in [0, 0.05) is 45.5 Å². The molecule has 1 aliphatic heterocycles. The van der Waals surface area contributed by atoms with Gasteiger partial charge in [0.15, 0.2) is 5.96 Å². The van der Waals surface area contributed by atoms with Crippen LogP contribution in [0.15, 0.2) is 29.4 Å². The van der Waals surface area contributed by atoms with Crippen molar-refractivity contribution >= 4 is 5.96 Å². The number of likely N-dealkylation sites (tertiary alicyclic amines) is 1. The largest absolute Gasteiger partial charge is 0.356 e. The average Bonchev–Trinajstić information content (AvgIpc) is 3.57. The topological polar surface area (TPSA) is 52.6 Å². The molecule has 0 aromatic carbocycles. The molecule has 2 N–H and O–H groups in total. The molecule has 4 rings (SSSR count). The summed E-state index contributed by atoms with van der Waals surface area (Å²) in [6.07, 6.45) is 10.0. The highest BCUT2D eigenvalue weighted by Gasteiger charge is 2.41. The molecule has 1 saturated heterocycles. The van der Waals surface area contributed by atoms with Gasteiger partial charge in [-0.1, -0.05) is 6.07 Å². The minimum atomic E-state index is 0.529. The van der Waals surface area contributed by atoms with Crippen LogP contribution in [0.3, 0.4) is 0 Å². The third-order valence-corrected chi connectivity index (χ3v) is 6.22. The second-order valence-corrected chi connectivity index (χ2v) is 8.31. The van der Waals surface area contributed by atoms with Gasteiger partial charge in [0.05, 0.1) is 5.69 Å². The minimum Gasteiger partial charge on any atom is -0.356 e. The fraction of sp³-hybridized carbons (Fsp3) is 0.714. The lowest BCUT2D eigenvalue weighted by molar-refractivity contribution is 0.196. The Labute approximate surface area is 157 Å². The van der Waals surface area contributed by atoms with E-state index in [-0.39, 0.29) is 0 Å². The van der Waals surface area contributed by atoms with Crippen molar-refractivity contribution in [1.82, 2.24) is 20.5 Å². The molecular weight excluding hydrogens is 322 g/mol. The first kappa shape index (κ1) is 17.8. The molecular formula is C21H33N5. The fourth-order valence-electron chi connectivity index (χ4n) is 4.33. The summed E-state index contributed by atoms with van der Waals surface area (Å²) in [4.78, 5) is 11.4. The van der Waals surface area contributed by atoms with Gasteiger partial charge in [-0.2, -0.15) is 0 Å². The molecule has 1 aromatic rings. The number of rotatable bonds is 7. The van der Waals surface area contributed by atoms with Gasteiger partial charge in [-0.25, -0.2) is 0 Å². The van der Waals surface area contributed by atoms with Crippen LogP contribution in [0.25, 0.3) is 0 Å². The molecule has 2 aliphatic carbocycles. The number of guanidine groups is 1. The van der Waals surface area contributed by atoms with Crippen molar-refractivity contribution in [3.63, 3.8) is 0 Å². The number of hydrogen-bond donors (Lipinski definition) is 2. The van der Waals surface area contributed by atoms with E-state index >= 15 is 0 Å². The van der Waals surface area contributed by atoms with Gasteiger partial charge < -0.3 is 10.6 Å². The van der Waals surface area contributed by atoms with Crippen molar-refractivity contribution in [1.29, 1.82) is 0 Å². The molecule has 2 saturated carbocycles. The molecule has 2 heterocycles. The Morgan fingerprint density at radius 2 is 1.88 bits per heavy atom. The van der Waals surface area contributed by atoms with E-state index < -0.39 is 0 Å². The number of aromatic nitrogens is 1. The Bertz CT molecular complexity index is 574. The number of piperidine rings is 1. The molecule has 0 bridgehead atoms. The molecule has 0 atom stereocenters. The molecule has 0 unspecified atom stereocenters. The Hall–Kier alpha value is -1.62. The quantitative estimate of drug-likeness (QED) is 0.583. The molecule has 3 fully saturated rings. The van der Waals surface area contributed by atoms with Gasteiger partial charge in [0.1, 0.15) is 0 Å². The van der Waals surface area contributed by atoms with Crippen molar-refractivity contribution < 1.29 is 0 Å². The summed E-state index contributed by atoms with van der Waals surface area (Å²) in [6, 6.07) is 6.70. The predicted octanol–water partition coefficient (Wildman–Crippen LogP) is 2.65. The molecule has 0 radical (unpaired) electrons. The monoisotopic (exact) mass is 355 g/mol. The zero-order valence-electron chi connectivity index (χ0n) is 16.0. The van der Waals surface area contributed by atoms with Crippen LogP contribution in [-0.4, -0.2) is 48.6 Å².